The Kier molecular flexibility index (Phi) is 5.01. The quantitative estimate of drug-likeness (QED) is 0.898. The first-order valence-corrected chi connectivity index (χ1v) is 7.47. The van der Waals surface area contributed by atoms with Gasteiger partial charge in [0.1, 0.15) is 10.2 Å². The summed E-state index contributed by atoms with van der Waals surface area (Å²) in [5.41, 5.74) is 1.54. The molecule has 5 nitrogen and oxygen atoms in total. The van der Waals surface area contributed by atoms with Gasteiger partial charge in [-0.15, -0.1) is 0 Å². The van der Waals surface area contributed by atoms with Crippen LogP contribution >= 0.6 is 15.9 Å². The molecule has 0 saturated heterocycles. The van der Waals surface area contributed by atoms with Crippen LogP contribution in [0.3, 0.4) is 0 Å². The van der Waals surface area contributed by atoms with Gasteiger partial charge in [0.15, 0.2) is 0 Å². The van der Waals surface area contributed by atoms with Gasteiger partial charge in [0.25, 0.3) is 5.56 Å². The minimum Gasteiger partial charge on any atom is -0.496 e. The van der Waals surface area contributed by atoms with E-state index in [1.807, 2.05) is 38.1 Å². The number of nitrogens with zero attached hydrogens (tertiary/aromatic N) is 2. The summed E-state index contributed by atoms with van der Waals surface area (Å²) in [5, 5.41) is 7.38. The van der Waals surface area contributed by atoms with E-state index in [2.05, 4.69) is 26.3 Å². The van der Waals surface area contributed by atoms with E-state index in [9.17, 15) is 4.79 Å². The highest BCUT2D eigenvalue weighted by atomic mass is 79.9. The third-order valence-electron chi connectivity index (χ3n) is 3.09. The third-order valence-corrected chi connectivity index (χ3v) is 3.86. The molecule has 0 spiro atoms. The van der Waals surface area contributed by atoms with Gasteiger partial charge in [-0.1, -0.05) is 18.2 Å². The Morgan fingerprint density at radius 1 is 1.38 bits per heavy atom. The van der Waals surface area contributed by atoms with Crippen LogP contribution in [-0.2, 0) is 6.54 Å². The zero-order valence-corrected chi connectivity index (χ0v) is 13.8. The zero-order chi connectivity index (χ0) is 15.4. The fraction of sp³-hybridized carbons (Fsp3) is 0.333. The van der Waals surface area contributed by atoms with Crippen molar-refractivity contribution in [1.29, 1.82) is 0 Å². The highest BCUT2D eigenvalue weighted by molar-refractivity contribution is 9.10. The Labute approximate surface area is 132 Å². The van der Waals surface area contributed by atoms with Crippen molar-refractivity contribution in [1.82, 2.24) is 9.78 Å². The molecule has 0 fully saturated rings. The molecule has 0 unspecified atom stereocenters. The van der Waals surface area contributed by atoms with Crippen molar-refractivity contribution in [2.45, 2.75) is 26.4 Å². The second kappa shape index (κ2) is 6.76. The van der Waals surface area contributed by atoms with Gasteiger partial charge in [-0.05, 0) is 35.8 Å². The lowest BCUT2D eigenvalue weighted by molar-refractivity contribution is 0.410. The van der Waals surface area contributed by atoms with Gasteiger partial charge >= 0.3 is 0 Å². The summed E-state index contributed by atoms with van der Waals surface area (Å²) in [6, 6.07) is 7.77. The summed E-state index contributed by atoms with van der Waals surface area (Å²) in [6.45, 7) is 4.39. The number of hydrogen-bond acceptors (Lipinski definition) is 4. The van der Waals surface area contributed by atoms with Crippen LogP contribution in [-0.4, -0.2) is 16.9 Å². The average molecular weight is 352 g/mol. The van der Waals surface area contributed by atoms with Crippen LogP contribution < -0.4 is 15.6 Å². The summed E-state index contributed by atoms with van der Waals surface area (Å²) < 4.78 is 7.24. The molecule has 1 aromatic carbocycles. The zero-order valence-electron chi connectivity index (χ0n) is 12.3. The minimum atomic E-state index is -0.143. The van der Waals surface area contributed by atoms with Crippen molar-refractivity contribution in [2.24, 2.45) is 0 Å². The van der Waals surface area contributed by atoms with Crippen LogP contribution in [0.25, 0.3) is 0 Å². The van der Waals surface area contributed by atoms with E-state index < -0.39 is 0 Å². The highest BCUT2D eigenvalue weighted by Crippen LogP contribution is 2.21. The van der Waals surface area contributed by atoms with Crippen LogP contribution in [0.2, 0.25) is 0 Å². The predicted octanol–water partition coefficient (Wildman–Crippen LogP) is 3.21. The van der Waals surface area contributed by atoms with Gasteiger partial charge in [-0.3, -0.25) is 4.79 Å². The van der Waals surface area contributed by atoms with Gasteiger partial charge in [-0.25, -0.2) is 4.68 Å². The van der Waals surface area contributed by atoms with Crippen molar-refractivity contribution in [2.75, 3.05) is 12.4 Å². The molecule has 21 heavy (non-hydrogen) atoms. The van der Waals surface area contributed by atoms with Crippen LogP contribution in [0, 0.1) is 0 Å². The number of hydrogen-bond donors (Lipinski definition) is 1. The number of ether oxygens (including phenoxy) is 1. The van der Waals surface area contributed by atoms with Crippen molar-refractivity contribution in [3.8, 4) is 5.75 Å². The fourth-order valence-electron chi connectivity index (χ4n) is 1.98. The monoisotopic (exact) mass is 351 g/mol. The maximum Gasteiger partial charge on any atom is 0.283 e. The first-order chi connectivity index (χ1) is 10.0. The molecule has 112 valence electrons. The van der Waals surface area contributed by atoms with E-state index >= 15 is 0 Å². The molecule has 0 aliphatic heterocycles. The van der Waals surface area contributed by atoms with Crippen molar-refractivity contribution in [3.63, 3.8) is 0 Å². The Hall–Kier alpha value is -1.82. The molecule has 0 saturated carbocycles. The smallest absolute Gasteiger partial charge is 0.283 e. The maximum atomic E-state index is 12.2. The Morgan fingerprint density at radius 2 is 2.10 bits per heavy atom. The first-order valence-electron chi connectivity index (χ1n) is 6.67. The Balaban J connectivity index is 2.21. The Bertz CT molecular complexity index is 683. The van der Waals surface area contributed by atoms with Crippen LogP contribution in [0.4, 0.5) is 5.69 Å². The van der Waals surface area contributed by atoms with Gasteiger partial charge in [-0.2, -0.15) is 5.10 Å². The topological polar surface area (TPSA) is 56.1 Å². The largest absolute Gasteiger partial charge is 0.496 e. The molecule has 1 aromatic heterocycles. The number of benzene rings is 1. The molecule has 2 aromatic rings. The summed E-state index contributed by atoms with van der Waals surface area (Å²) in [7, 11) is 1.64. The first kappa shape index (κ1) is 15.6. The molecule has 1 heterocycles. The number of rotatable bonds is 5. The molecule has 0 radical (unpaired) electrons. The van der Waals surface area contributed by atoms with E-state index in [1.54, 1.807) is 13.3 Å². The molecule has 0 aliphatic carbocycles. The Morgan fingerprint density at radius 3 is 2.76 bits per heavy atom. The van der Waals surface area contributed by atoms with E-state index in [4.69, 9.17) is 4.74 Å². The van der Waals surface area contributed by atoms with Gasteiger partial charge in [0.05, 0.1) is 25.0 Å². The van der Waals surface area contributed by atoms with E-state index in [0.717, 1.165) is 11.3 Å². The predicted molar refractivity (Wildman–Crippen MR) is 86.9 cm³/mol. The molecule has 6 heteroatoms. The number of aromatic nitrogens is 2. The normalized spacial score (nSPS) is 10.7. The van der Waals surface area contributed by atoms with Crippen molar-refractivity contribution >= 4 is 21.6 Å². The standard InChI is InChI=1S/C15H18BrN3O2/c1-10(2)19-15(20)14(16)12(9-18-19)17-8-11-6-4-5-7-13(11)21-3/h4-7,9-10,17H,8H2,1-3H3. The van der Waals surface area contributed by atoms with Crippen LogP contribution in [0.5, 0.6) is 5.75 Å². The second-order valence-electron chi connectivity index (χ2n) is 4.88. The van der Waals surface area contributed by atoms with Gasteiger partial charge in [0.2, 0.25) is 0 Å². The lowest BCUT2D eigenvalue weighted by Crippen LogP contribution is -2.26. The lowest BCUT2D eigenvalue weighted by Gasteiger charge is -2.13. The maximum absolute atomic E-state index is 12.2. The van der Waals surface area contributed by atoms with Crippen LogP contribution in [0.15, 0.2) is 39.7 Å². The molecular formula is C15H18BrN3O2. The number of para-hydroxylation sites is 1. The number of nitrogens with one attached hydrogen (secondary N) is 1. The number of halogens is 1. The van der Waals surface area contributed by atoms with E-state index in [0.29, 0.717) is 16.7 Å². The second-order valence-corrected chi connectivity index (χ2v) is 5.67. The molecule has 0 amide bonds. The van der Waals surface area contributed by atoms with E-state index in [-0.39, 0.29) is 11.6 Å². The molecule has 0 bridgehead atoms. The number of methoxy groups -OCH3 is 1. The summed E-state index contributed by atoms with van der Waals surface area (Å²) in [5.74, 6) is 0.810. The highest BCUT2D eigenvalue weighted by Gasteiger charge is 2.11. The summed E-state index contributed by atoms with van der Waals surface area (Å²) >= 11 is 3.34. The summed E-state index contributed by atoms with van der Waals surface area (Å²) in [6.07, 6.45) is 1.65. The minimum absolute atomic E-state index is 0.0251. The van der Waals surface area contributed by atoms with Crippen LogP contribution in [0.1, 0.15) is 25.5 Å². The van der Waals surface area contributed by atoms with Crippen molar-refractivity contribution < 1.29 is 4.74 Å². The van der Waals surface area contributed by atoms with Crippen molar-refractivity contribution in [3.05, 3.63) is 50.9 Å². The molecular weight excluding hydrogens is 334 g/mol. The lowest BCUT2D eigenvalue weighted by atomic mass is 10.2. The average Bonchev–Trinajstić information content (AvgIpc) is 2.48. The van der Waals surface area contributed by atoms with E-state index in [1.165, 1.54) is 4.68 Å². The number of anilines is 1. The SMILES string of the molecule is COc1ccccc1CNc1cnn(C(C)C)c(=O)c1Br. The van der Waals surface area contributed by atoms with Gasteiger partial charge < -0.3 is 10.1 Å². The third kappa shape index (κ3) is 3.44. The molecule has 0 atom stereocenters. The fourth-order valence-corrected chi connectivity index (χ4v) is 2.40. The molecule has 0 aliphatic rings. The molecule has 2 rings (SSSR count). The molecule has 1 N–H and O–H groups in total. The van der Waals surface area contributed by atoms with Gasteiger partial charge in [0, 0.05) is 12.1 Å². The summed E-state index contributed by atoms with van der Waals surface area (Å²) in [4.78, 5) is 12.2.